The molecule has 1 N–H and O–H groups in total. The molecule has 0 radical (unpaired) electrons. The third-order valence-corrected chi connectivity index (χ3v) is 8.78. The molecule has 9 nitrogen and oxygen atoms in total. The molecule has 2 aromatic carbocycles. The van der Waals surface area contributed by atoms with Gasteiger partial charge in [0.05, 0.1) is 5.52 Å². The number of ketones is 1. The molecule has 216 valence electrons. The predicted molar refractivity (Wildman–Crippen MR) is 160 cm³/mol. The Labute approximate surface area is 245 Å². The van der Waals surface area contributed by atoms with Gasteiger partial charge in [0.1, 0.15) is 24.1 Å². The minimum atomic E-state index is -0.499. The van der Waals surface area contributed by atoms with Gasteiger partial charge in [-0.1, -0.05) is 37.3 Å². The lowest BCUT2D eigenvalue weighted by Crippen LogP contribution is -2.49. The number of benzene rings is 2. The number of carbonyl (C=O) groups excluding carboxylic acids is 3. The van der Waals surface area contributed by atoms with Crippen LogP contribution >= 0.6 is 0 Å². The standard InChI is InChI=1S/C33H36N6O3/c1-20-13-24(25-17-35-22(3)36-18-25)14-26-30(21(2)40)37-38(31(20)26)19-29(41)39-27(15-33(4)16-28(33)39)32(42)34-12-8-11-23-9-6-5-7-10-23/h5-7,9-10,13-14,17-18,27-28H,8,11-12,15-16,19H2,1-4H3,(H,34,42)/t27-,28+,33-/m0/s1. The number of nitrogens with zero attached hydrogens (tertiary/aromatic N) is 5. The highest BCUT2D eigenvalue weighted by atomic mass is 16.2. The van der Waals surface area contributed by atoms with Crippen molar-refractivity contribution in [1.29, 1.82) is 0 Å². The van der Waals surface area contributed by atoms with E-state index in [9.17, 15) is 14.4 Å². The number of hydrogen-bond acceptors (Lipinski definition) is 6. The monoisotopic (exact) mass is 564 g/mol. The number of likely N-dealkylation sites (tertiary alicyclic amines) is 1. The summed E-state index contributed by atoms with van der Waals surface area (Å²) in [4.78, 5) is 50.2. The first-order chi connectivity index (χ1) is 20.1. The zero-order chi connectivity index (χ0) is 29.6. The number of nitrogens with one attached hydrogen (secondary N) is 1. The van der Waals surface area contributed by atoms with Crippen LogP contribution in [0.3, 0.4) is 0 Å². The topological polar surface area (TPSA) is 110 Å². The van der Waals surface area contributed by atoms with Gasteiger partial charge < -0.3 is 10.2 Å². The van der Waals surface area contributed by atoms with Crippen molar-refractivity contribution in [2.24, 2.45) is 5.41 Å². The molecule has 3 heterocycles. The molecular weight excluding hydrogens is 528 g/mol. The molecular formula is C33H36N6O3. The molecule has 2 aromatic heterocycles. The maximum Gasteiger partial charge on any atom is 0.245 e. The van der Waals surface area contributed by atoms with E-state index >= 15 is 0 Å². The van der Waals surface area contributed by atoms with E-state index in [4.69, 9.17) is 0 Å². The Morgan fingerprint density at radius 2 is 1.76 bits per heavy atom. The molecule has 42 heavy (non-hydrogen) atoms. The van der Waals surface area contributed by atoms with E-state index in [-0.39, 0.29) is 35.6 Å². The normalized spacial score (nSPS) is 20.9. The van der Waals surface area contributed by atoms with E-state index in [1.165, 1.54) is 12.5 Å². The summed E-state index contributed by atoms with van der Waals surface area (Å²) in [6, 6.07) is 13.7. The van der Waals surface area contributed by atoms with Gasteiger partial charge in [-0.05, 0) is 73.8 Å². The van der Waals surface area contributed by atoms with Crippen LogP contribution < -0.4 is 5.32 Å². The van der Waals surface area contributed by atoms with Crippen LogP contribution in [0.5, 0.6) is 0 Å². The van der Waals surface area contributed by atoms with Crippen LogP contribution in [0.25, 0.3) is 22.0 Å². The van der Waals surface area contributed by atoms with Gasteiger partial charge in [0, 0.05) is 42.9 Å². The van der Waals surface area contributed by atoms with Crippen LogP contribution in [0.4, 0.5) is 0 Å². The molecule has 4 aromatic rings. The number of aryl methyl sites for hydroxylation is 3. The molecule has 0 unspecified atom stereocenters. The van der Waals surface area contributed by atoms with Crippen LogP contribution in [0, 0.1) is 19.3 Å². The van der Waals surface area contributed by atoms with E-state index in [2.05, 4.69) is 39.4 Å². The number of hydrogen-bond donors (Lipinski definition) is 1. The Kier molecular flexibility index (Phi) is 7.12. The smallest absolute Gasteiger partial charge is 0.245 e. The molecule has 1 saturated heterocycles. The summed E-state index contributed by atoms with van der Waals surface area (Å²) in [5.41, 5.74) is 4.88. The van der Waals surface area contributed by atoms with Crippen LogP contribution in [0.15, 0.2) is 54.9 Å². The zero-order valence-corrected chi connectivity index (χ0v) is 24.6. The van der Waals surface area contributed by atoms with E-state index in [0.717, 1.165) is 41.5 Å². The molecule has 2 fully saturated rings. The van der Waals surface area contributed by atoms with Gasteiger partial charge in [-0.2, -0.15) is 5.10 Å². The number of aromatic nitrogens is 4. The number of rotatable bonds is 9. The molecule has 1 aliphatic carbocycles. The van der Waals surface area contributed by atoms with Crippen LogP contribution in [-0.4, -0.2) is 60.9 Å². The highest BCUT2D eigenvalue weighted by Crippen LogP contribution is 2.59. The van der Waals surface area contributed by atoms with Crippen molar-refractivity contribution < 1.29 is 14.4 Å². The van der Waals surface area contributed by atoms with Gasteiger partial charge in [0.15, 0.2) is 5.78 Å². The van der Waals surface area contributed by atoms with Crippen molar-refractivity contribution in [3.8, 4) is 11.1 Å². The summed E-state index contributed by atoms with van der Waals surface area (Å²) in [6.45, 7) is 7.94. The average molecular weight is 565 g/mol. The molecule has 1 saturated carbocycles. The first-order valence-electron chi connectivity index (χ1n) is 14.6. The van der Waals surface area contributed by atoms with Crippen molar-refractivity contribution in [3.63, 3.8) is 0 Å². The summed E-state index contributed by atoms with van der Waals surface area (Å²) >= 11 is 0. The molecule has 1 aliphatic heterocycles. The number of amides is 2. The summed E-state index contributed by atoms with van der Waals surface area (Å²) in [5.74, 6) is 0.257. The zero-order valence-electron chi connectivity index (χ0n) is 24.6. The van der Waals surface area contributed by atoms with Gasteiger partial charge in [-0.15, -0.1) is 0 Å². The number of piperidine rings is 1. The first-order valence-corrected chi connectivity index (χ1v) is 14.6. The molecule has 0 spiro atoms. The third kappa shape index (κ3) is 5.19. The second kappa shape index (κ2) is 10.8. The van der Waals surface area contributed by atoms with Gasteiger partial charge in [0.2, 0.25) is 11.8 Å². The fourth-order valence-electron chi connectivity index (χ4n) is 6.45. The second-order valence-corrected chi connectivity index (χ2v) is 12.0. The quantitative estimate of drug-likeness (QED) is 0.238. The molecule has 6 rings (SSSR count). The van der Waals surface area contributed by atoms with Crippen molar-refractivity contribution in [2.45, 2.75) is 72.0 Å². The van der Waals surface area contributed by atoms with E-state index in [0.29, 0.717) is 29.9 Å². The summed E-state index contributed by atoms with van der Waals surface area (Å²) in [5, 5.41) is 8.38. The number of Topliss-reactive ketones (excluding diaryl/α,β-unsaturated/α-hetero) is 1. The van der Waals surface area contributed by atoms with Crippen molar-refractivity contribution in [2.75, 3.05) is 6.54 Å². The average Bonchev–Trinajstić information content (AvgIpc) is 3.32. The maximum atomic E-state index is 13.9. The van der Waals surface area contributed by atoms with Gasteiger partial charge >= 0.3 is 0 Å². The van der Waals surface area contributed by atoms with Gasteiger partial charge in [-0.25, -0.2) is 9.97 Å². The minimum Gasteiger partial charge on any atom is -0.354 e. The lowest BCUT2D eigenvalue weighted by Gasteiger charge is -2.27. The van der Waals surface area contributed by atoms with E-state index in [1.54, 1.807) is 22.0 Å². The van der Waals surface area contributed by atoms with Crippen molar-refractivity contribution in [1.82, 2.24) is 30.0 Å². The Bertz CT molecular complexity index is 1680. The van der Waals surface area contributed by atoms with E-state index < -0.39 is 6.04 Å². The number of fused-ring (bicyclic) bond motifs is 2. The Morgan fingerprint density at radius 1 is 1.02 bits per heavy atom. The Morgan fingerprint density at radius 3 is 2.48 bits per heavy atom. The Balaban J connectivity index is 1.21. The minimum absolute atomic E-state index is 0.0284. The van der Waals surface area contributed by atoms with Crippen molar-refractivity contribution >= 4 is 28.5 Å². The fourth-order valence-corrected chi connectivity index (χ4v) is 6.45. The molecule has 9 heteroatoms. The van der Waals surface area contributed by atoms with Gasteiger partial charge in [0.25, 0.3) is 0 Å². The number of carbonyl (C=O) groups is 3. The highest BCUT2D eigenvalue weighted by molar-refractivity contribution is 6.07. The SMILES string of the molecule is CC(=O)c1nn(CC(=O)N2[C@H](C(=O)NCCCc3ccccc3)C[C@@]3(C)C[C@@H]23)c2c(C)cc(-c3cnc(C)nc3)cc12. The largest absolute Gasteiger partial charge is 0.354 e. The van der Waals surface area contributed by atoms with Crippen LogP contribution in [0.2, 0.25) is 0 Å². The Hall–Kier alpha value is -4.40. The highest BCUT2D eigenvalue weighted by Gasteiger charge is 2.64. The molecule has 2 amide bonds. The summed E-state index contributed by atoms with van der Waals surface area (Å²) in [6.07, 6.45) is 6.80. The molecule has 2 aliphatic rings. The van der Waals surface area contributed by atoms with Gasteiger partial charge in [-0.3, -0.25) is 19.1 Å². The van der Waals surface area contributed by atoms with Crippen LogP contribution in [-0.2, 0) is 22.6 Å². The summed E-state index contributed by atoms with van der Waals surface area (Å²) < 4.78 is 1.63. The predicted octanol–water partition coefficient (Wildman–Crippen LogP) is 4.44. The second-order valence-electron chi connectivity index (χ2n) is 12.0. The molecule has 3 atom stereocenters. The maximum absolute atomic E-state index is 13.9. The van der Waals surface area contributed by atoms with Crippen LogP contribution in [0.1, 0.15) is 60.5 Å². The van der Waals surface area contributed by atoms with Crippen molar-refractivity contribution in [3.05, 3.63) is 77.5 Å². The first kappa shape index (κ1) is 27.8. The third-order valence-electron chi connectivity index (χ3n) is 8.78. The lowest BCUT2D eigenvalue weighted by molar-refractivity contribution is -0.140. The fraction of sp³-hybridized carbons (Fsp3) is 0.394. The lowest BCUT2D eigenvalue weighted by atomic mass is 10.0. The van der Waals surface area contributed by atoms with E-state index in [1.807, 2.05) is 44.2 Å². The summed E-state index contributed by atoms with van der Waals surface area (Å²) in [7, 11) is 0. The molecule has 0 bridgehead atoms.